The second-order valence-corrected chi connectivity index (χ2v) is 21.4. The van der Waals surface area contributed by atoms with Crippen molar-refractivity contribution >= 4 is 5.78 Å². The fraction of sp³-hybridized carbons (Fsp3) is 0.978. The van der Waals surface area contributed by atoms with Crippen LogP contribution in [0.3, 0.4) is 0 Å². The van der Waals surface area contributed by atoms with Gasteiger partial charge in [-0.1, -0.05) is 27.7 Å². The molecule has 5 saturated heterocycles. The first kappa shape index (κ1) is 48.0. The Bertz CT molecular complexity index is 1640. The minimum atomic E-state index is -1.92. The van der Waals surface area contributed by atoms with Crippen LogP contribution in [0.2, 0.25) is 0 Å². The van der Waals surface area contributed by atoms with Crippen molar-refractivity contribution in [2.75, 3.05) is 26.4 Å². The quantitative estimate of drug-likeness (QED) is 0.117. The van der Waals surface area contributed by atoms with Crippen LogP contribution in [0.1, 0.15) is 85.5 Å². The zero-order chi connectivity index (χ0) is 45.8. The molecule has 0 aromatic heterocycles. The number of hydrogen-bond donors (Lipinski definition) is 10. The first-order valence-corrected chi connectivity index (χ1v) is 23.8. The highest BCUT2D eigenvalue weighted by molar-refractivity contribution is 5.87. The Morgan fingerprint density at radius 2 is 1.22 bits per heavy atom. The number of carbonyl (C=O) groups excluding carboxylic acids is 1. The van der Waals surface area contributed by atoms with Crippen molar-refractivity contribution in [3.05, 3.63) is 0 Å². The molecule has 10 N–H and O–H groups in total. The molecule has 19 heteroatoms. The lowest BCUT2D eigenvalue weighted by Crippen LogP contribution is -2.66. The van der Waals surface area contributed by atoms with Crippen molar-refractivity contribution in [1.29, 1.82) is 0 Å². The Morgan fingerprint density at radius 3 is 1.80 bits per heavy atom. The van der Waals surface area contributed by atoms with E-state index in [4.69, 9.17) is 37.9 Å². The number of ether oxygens (including phenoxy) is 8. The molecule has 0 aromatic rings. The predicted molar refractivity (Wildman–Crippen MR) is 216 cm³/mol. The summed E-state index contributed by atoms with van der Waals surface area (Å²) in [4.78, 5) is 14.6. The largest absolute Gasteiger partial charge is 0.394 e. The van der Waals surface area contributed by atoms with E-state index in [1.54, 1.807) is 0 Å². The number of aliphatic hydroxyl groups excluding tert-OH is 10. The Hall–Kier alpha value is -1.05. The van der Waals surface area contributed by atoms with E-state index in [1.807, 2.05) is 0 Å². The lowest BCUT2D eigenvalue weighted by molar-refractivity contribution is -0.381. The molecule has 5 heterocycles. The summed E-state index contributed by atoms with van der Waals surface area (Å²) in [6.45, 7) is 7.45. The Labute approximate surface area is 373 Å². The third kappa shape index (κ3) is 7.67. The fourth-order valence-corrected chi connectivity index (χ4v) is 14.4. The Morgan fingerprint density at radius 1 is 0.641 bits per heavy atom. The molecule has 9 rings (SSSR count). The molecular formula is C45H72O19. The molecule has 19 nitrogen and oxygen atoms in total. The van der Waals surface area contributed by atoms with Gasteiger partial charge in [0.15, 0.2) is 24.7 Å². The van der Waals surface area contributed by atoms with Crippen molar-refractivity contribution in [3.8, 4) is 0 Å². The molecule has 366 valence electrons. The second-order valence-electron chi connectivity index (χ2n) is 21.4. The van der Waals surface area contributed by atoms with E-state index in [0.717, 1.165) is 38.5 Å². The summed E-state index contributed by atoms with van der Waals surface area (Å²) in [5.74, 6) is 1.71. The van der Waals surface area contributed by atoms with Crippen LogP contribution in [0.25, 0.3) is 0 Å². The molecule has 5 aliphatic heterocycles. The summed E-state index contributed by atoms with van der Waals surface area (Å²) < 4.78 is 48.3. The topological polar surface area (TPSA) is 293 Å². The Kier molecular flexibility index (Phi) is 13.5. The van der Waals surface area contributed by atoms with E-state index in [1.165, 1.54) is 0 Å². The first-order chi connectivity index (χ1) is 30.4. The molecule has 0 amide bonds. The third-order valence-electron chi connectivity index (χ3n) is 18.1. The minimum Gasteiger partial charge on any atom is -0.394 e. The van der Waals surface area contributed by atoms with Crippen LogP contribution in [-0.4, -0.2) is 193 Å². The smallest absolute Gasteiger partial charge is 0.187 e. The van der Waals surface area contributed by atoms with Gasteiger partial charge in [-0.15, -0.1) is 0 Å². The van der Waals surface area contributed by atoms with Crippen LogP contribution >= 0.6 is 0 Å². The summed E-state index contributed by atoms with van der Waals surface area (Å²) in [6, 6.07) is 0. The highest BCUT2D eigenvalue weighted by Gasteiger charge is 2.72. The molecule has 0 bridgehead atoms. The van der Waals surface area contributed by atoms with Gasteiger partial charge in [0.05, 0.1) is 38.6 Å². The molecule has 7 unspecified atom stereocenters. The number of carbonyl (C=O) groups is 1. The van der Waals surface area contributed by atoms with E-state index in [-0.39, 0.29) is 47.2 Å². The average Bonchev–Trinajstić information content (AvgIpc) is 3.73. The van der Waals surface area contributed by atoms with Crippen LogP contribution in [0.15, 0.2) is 0 Å². The number of hydrogen-bond acceptors (Lipinski definition) is 19. The van der Waals surface area contributed by atoms with Gasteiger partial charge in [-0.3, -0.25) is 4.79 Å². The summed E-state index contributed by atoms with van der Waals surface area (Å²) in [5, 5.41) is 106. The number of aliphatic hydroxyl groups is 10. The molecule has 64 heavy (non-hydrogen) atoms. The SMILES string of the molecule is C[C@@H]1CCC2(OC1)OC1CC3C4CC[C@H]5CC(O[C@@H]6O[C@H](CO)[C@H](O[C@H]7O[C@H](CO)[C@@H](O[C@@H]8O[C@H](CO)[C@@H](O)[C@H](O)[C@H]8O)[C@H](O)[C@H]7O)[C@H](O)[C@H]6O)CC[C@]5(C)C4CC(=O)[C@]3(C)C1[C@@H]2C. The van der Waals surface area contributed by atoms with Gasteiger partial charge in [0.2, 0.25) is 0 Å². The fourth-order valence-electron chi connectivity index (χ4n) is 14.4. The van der Waals surface area contributed by atoms with Crippen molar-refractivity contribution < 1.29 is 93.8 Å². The Balaban J connectivity index is 0.811. The van der Waals surface area contributed by atoms with Crippen molar-refractivity contribution in [3.63, 3.8) is 0 Å². The van der Waals surface area contributed by atoms with Gasteiger partial charge < -0.3 is 89.0 Å². The number of ketones is 1. The summed E-state index contributed by atoms with van der Waals surface area (Å²) in [5.41, 5.74) is -0.539. The van der Waals surface area contributed by atoms with Crippen LogP contribution in [0.5, 0.6) is 0 Å². The van der Waals surface area contributed by atoms with Crippen molar-refractivity contribution in [2.45, 2.75) is 196 Å². The number of Topliss-reactive ketones (excluding diaryl/α,β-unsaturated/α-hetero) is 1. The van der Waals surface area contributed by atoms with Crippen LogP contribution in [0.4, 0.5) is 0 Å². The van der Waals surface area contributed by atoms with Gasteiger partial charge >= 0.3 is 0 Å². The summed E-state index contributed by atoms with van der Waals surface area (Å²) >= 11 is 0. The second kappa shape index (κ2) is 18.0. The van der Waals surface area contributed by atoms with Crippen molar-refractivity contribution in [2.24, 2.45) is 52.3 Å². The molecular weight excluding hydrogens is 844 g/mol. The van der Waals surface area contributed by atoms with Gasteiger partial charge in [-0.2, -0.15) is 0 Å². The highest BCUT2D eigenvalue weighted by atomic mass is 16.8. The standard InChI is InChI=1S/C45H72O19/c1-18-7-10-45(57-17-18)19(2)30-25(64-45)12-24-22-6-5-20-11-21(8-9-43(20,3)23(22)13-29(49)44(24,30)4)58-40-36(55)33(52)38(27(15-47)60-40)63-42-37(56)34(53)39(28(16-48)61-42)62-41-35(54)32(51)31(50)26(14-46)59-41/h18-28,30-42,46-48,50-56H,5-17H2,1-4H3/t18-,19+,20+,21?,22?,23?,24?,25?,26-,27-,28-,30?,31-,32+,33-,34-,35-,36-,37-,38+,39-,40-,41+,42-,43+,44-,45?/m1/s1. The zero-order valence-electron chi connectivity index (χ0n) is 37.2. The lowest BCUT2D eigenvalue weighted by atomic mass is 9.44. The van der Waals surface area contributed by atoms with Gasteiger partial charge in [0.25, 0.3) is 0 Å². The van der Waals surface area contributed by atoms with Gasteiger partial charge in [0, 0.05) is 30.1 Å². The van der Waals surface area contributed by atoms with Crippen LogP contribution in [0, 0.1) is 52.3 Å². The average molecular weight is 917 g/mol. The first-order valence-electron chi connectivity index (χ1n) is 23.8. The maximum Gasteiger partial charge on any atom is 0.187 e. The molecule has 9 fully saturated rings. The maximum atomic E-state index is 14.6. The lowest BCUT2D eigenvalue weighted by Gasteiger charge is -2.60. The number of rotatable bonds is 9. The van der Waals surface area contributed by atoms with Gasteiger partial charge in [-0.25, -0.2) is 0 Å². The molecule has 4 saturated carbocycles. The minimum absolute atomic E-state index is 0.0187. The zero-order valence-corrected chi connectivity index (χ0v) is 37.2. The molecule has 9 aliphatic rings. The van der Waals surface area contributed by atoms with E-state index >= 15 is 0 Å². The maximum absolute atomic E-state index is 14.6. The van der Waals surface area contributed by atoms with E-state index in [2.05, 4.69) is 27.7 Å². The molecule has 0 radical (unpaired) electrons. The highest BCUT2D eigenvalue weighted by Crippen LogP contribution is 2.70. The molecule has 1 spiro atoms. The predicted octanol–water partition coefficient (Wildman–Crippen LogP) is -1.55. The monoisotopic (exact) mass is 916 g/mol. The van der Waals surface area contributed by atoms with Gasteiger partial charge in [0.1, 0.15) is 79.0 Å². The third-order valence-corrected chi connectivity index (χ3v) is 18.1. The molecule has 0 aromatic carbocycles. The summed E-state index contributed by atoms with van der Waals surface area (Å²) in [7, 11) is 0. The van der Waals surface area contributed by atoms with E-state index in [0.29, 0.717) is 43.5 Å². The molecule has 4 aliphatic carbocycles. The van der Waals surface area contributed by atoms with Gasteiger partial charge in [-0.05, 0) is 80.0 Å². The van der Waals surface area contributed by atoms with Crippen molar-refractivity contribution in [1.82, 2.24) is 0 Å². The number of fused-ring (bicyclic) bond motifs is 7. The van der Waals surface area contributed by atoms with Crippen LogP contribution < -0.4 is 0 Å². The summed E-state index contributed by atoms with van der Waals surface area (Å²) in [6.07, 6.45) is -17.4. The van der Waals surface area contributed by atoms with E-state index < -0.39 is 123 Å². The molecule has 27 atom stereocenters. The van der Waals surface area contributed by atoms with Crippen LogP contribution in [-0.2, 0) is 42.7 Å². The van der Waals surface area contributed by atoms with E-state index in [9.17, 15) is 55.9 Å². The normalized spacial score (nSPS) is 57.5.